The van der Waals surface area contributed by atoms with Crippen molar-refractivity contribution in [3.05, 3.63) is 39.2 Å². The van der Waals surface area contributed by atoms with Gasteiger partial charge in [0.15, 0.2) is 6.79 Å². The minimum Gasteiger partial charge on any atom is -0.467 e. The second-order valence-corrected chi connectivity index (χ2v) is 5.40. The zero-order valence-electron chi connectivity index (χ0n) is 11.7. The fraction of sp³-hybridized carbons (Fsp3) is 0.500. The Balaban J connectivity index is 1.57. The van der Waals surface area contributed by atoms with Crippen molar-refractivity contribution < 1.29 is 23.6 Å². The largest absolute Gasteiger partial charge is 0.467 e. The van der Waals surface area contributed by atoms with E-state index in [0.29, 0.717) is 29.9 Å². The number of hydrogen-bond acceptors (Lipinski definition) is 5. The molecule has 1 amide bonds. The summed E-state index contributed by atoms with van der Waals surface area (Å²) in [6, 6.07) is 1.97. The normalized spacial score (nSPS) is 22.4. The van der Waals surface area contributed by atoms with Crippen LogP contribution >= 0.6 is 0 Å². The van der Waals surface area contributed by atoms with Crippen LogP contribution in [0.2, 0.25) is 0 Å². The molecule has 1 aromatic carbocycles. The van der Waals surface area contributed by atoms with Crippen LogP contribution in [0, 0.1) is 21.8 Å². The molecule has 2 aliphatic rings. The number of fused-ring (bicyclic) bond motifs is 1. The van der Waals surface area contributed by atoms with Gasteiger partial charge in [-0.2, -0.15) is 0 Å². The quantitative estimate of drug-likeness (QED) is 0.647. The Morgan fingerprint density at radius 2 is 2.32 bits per heavy atom. The zero-order chi connectivity index (χ0) is 15.7. The van der Waals surface area contributed by atoms with Crippen LogP contribution in [0.15, 0.2) is 12.1 Å². The van der Waals surface area contributed by atoms with Gasteiger partial charge in [0.05, 0.1) is 6.61 Å². The Morgan fingerprint density at radius 3 is 3.05 bits per heavy atom. The number of nitro groups is 1. The standard InChI is InChI=1S/C14H15FN2O5/c15-10-3-8(13-9(4-10)6-21-7-22-13)1-2-16-14(18)11-5-12(11)17(19)20/h3-4,11-12H,1-2,5-7H2,(H,16,18)/t11-,12+/m0/s1. The predicted octanol–water partition coefficient (Wildman–Crippen LogP) is 1.02. The van der Waals surface area contributed by atoms with Crippen LogP contribution in [0.3, 0.4) is 0 Å². The van der Waals surface area contributed by atoms with E-state index in [0.717, 1.165) is 0 Å². The van der Waals surface area contributed by atoms with E-state index >= 15 is 0 Å². The van der Waals surface area contributed by atoms with Crippen molar-refractivity contribution in [2.24, 2.45) is 5.92 Å². The van der Waals surface area contributed by atoms with Gasteiger partial charge in [0.1, 0.15) is 17.5 Å². The molecule has 0 unspecified atom stereocenters. The van der Waals surface area contributed by atoms with E-state index in [4.69, 9.17) is 9.47 Å². The molecule has 1 aliphatic heterocycles. The third kappa shape index (κ3) is 3.01. The van der Waals surface area contributed by atoms with Gasteiger partial charge in [0.2, 0.25) is 11.9 Å². The van der Waals surface area contributed by atoms with Crippen molar-refractivity contribution in [3.63, 3.8) is 0 Å². The SMILES string of the molecule is O=C(NCCc1cc(F)cc2c1OCOC2)[C@H]1C[C@H]1[N+](=O)[O-]. The molecule has 1 heterocycles. The van der Waals surface area contributed by atoms with Crippen LogP contribution in [0.4, 0.5) is 4.39 Å². The Labute approximate surface area is 125 Å². The summed E-state index contributed by atoms with van der Waals surface area (Å²) in [4.78, 5) is 21.8. The van der Waals surface area contributed by atoms with E-state index < -0.39 is 16.9 Å². The lowest BCUT2D eigenvalue weighted by molar-refractivity contribution is -0.497. The second-order valence-electron chi connectivity index (χ2n) is 5.40. The number of benzene rings is 1. The molecule has 0 bridgehead atoms. The molecule has 0 spiro atoms. The summed E-state index contributed by atoms with van der Waals surface area (Å²) in [5.41, 5.74) is 1.29. The summed E-state index contributed by atoms with van der Waals surface area (Å²) in [6.07, 6.45) is 0.677. The molecule has 2 atom stereocenters. The van der Waals surface area contributed by atoms with Gasteiger partial charge in [-0.3, -0.25) is 14.9 Å². The van der Waals surface area contributed by atoms with Crippen molar-refractivity contribution in [1.82, 2.24) is 5.32 Å². The first-order chi connectivity index (χ1) is 10.6. The molecule has 7 nitrogen and oxygen atoms in total. The number of rotatable bonds is 5. The highest BCUT2D eigenvalue weighted by molar-refractivity contribution is 5.81. The molecule has 1 fully saturated rings. The first kappa shape index (κ1) is 14.7. The Kier molecular flexibility index (Phi) is 3.93. The summed E-state index contributed by atoms with van der Waals surface area (Å²) in [5.74, 6) is -0.654. The summed E-state index contributed by atoms with van der Waals surface area (Å²) < 4.78 is 24.0. The number of carbonyl (C=O) groups is 1. The minimum absolute atomic E-state index is 0.116. The van der Waals surface area contributed by atoms with Gasteiger partial charge < -0.3 is 14.8 Å². The molecular weight excluding hydrogens is 295 g/mol. The van der Waals surface area contributed by atoms with Crippen LogP contribution in [-0.2, 0) is 22.6 Å². The van der Waals surface area contributed by atoms with E-state index in [9.17, 15) is 19.3 Å². The first-order valence-electron chi connectivity index (χ1n) is 6.99. The highest BCUT2D eigenvalue weighted by atomic mass is 19.1. The molecule has 8 heteroatoms. The summed E-state index contributed by atoms with van der Waals surface area (Å²) in [7, 11) is 0. The molecule has 1 saturated carbocycles. The number of nitrogens with zero attached hydrogens (tertiary/aromatic N) is 1. The Morgan fingerprint density at radius 1 is 1.50 bits per heavy atom. The van der Waals surface area contributed by atoms with Crippen molar-refractivity contribution in [2.75, 3.05) is 13.3 Å². The predicted molar refractivity (Wildman–Crippen MR) is 72.3 cm³/mol. The van der Waals surface area contributed by atoms with Gasteiger partial charge in [-0.05, 0) is 24.1 Å². The van der Waals surface area contributed by atoms with Crippen LogP contribution < -0.4 is 10.1 Å². The number of ether oxygens (including phenoxy) is 2. The smallest absolute Gasteiger partial charge is 0.230 e. The van der Waals surface area contributed by atoms with E-state index in [2.05, 4.69) is 5.32 Å². The number of amides is 1. The van der Waals surface area contributed by atoms with Crippen LogP contribution in [0.5, 0.6) is 5.75 Å². The minimum atomic E-state index is -0.762. The molecule has 118 valence electrons. The van der Waals surface area contributed by atoms with Crippen molar-refractivity contribution in [1.29, 1.82) is 0 Å². The molecule has 0 aromatic heterocycles. The lowest BCUT2D eigenvalue weighted by atomic mass is 10.1. The maximum atomic E-state index is 13.5. The molecule has 1 aliphatic carbocycles. The second kappa shape index (κ2) is 5.88. The third-order valence-electron chi connectivity index (χ3n) is 3.81. The first-order valence-corrected chi connectivity index (χ1v) is 6.99. The molecular formula is C14H15FN2O5. The fourth-order valence-electron chi connectivity index (χ4n) is 2.59. The maximum Gasteiger partial charge on any atom is 0.230 e. The number of nitrogens with one attached hydrogen (secondary N) is 1. The summed E-state index contributed by atoms with van der Waals surface area (Å²) in [6.45, 7) is 0.684. The summed E-state index contributed by atoms with van der Waals surface area (Å²) >= 11 is 0. The topological polar surface area (TPSA) is 90.7 Å². The average molecular weight is 310 g/mol. The maximum absolute atomic E-state index is 13.5. The van der Waals surface area contributed by atoms with Crippen LogP contribution in [0.1, 0.15) is 17.5 Å². The monoisotopic (exact) mass is 310 g/mol. The molecule has 22 heavy (non-hydrogen) atoms. The van der Waals surface area contributed by atoms with Gasteiger partial charge in [0.25, 0.3) is 0 Å². The van der Waals surface area contributed by atoms with E-state index in [1.165, 1.54) is 12.1 Å². The number of hydrogen-bond donors (Lipinski definition) is 1. The molecule has 1 N–H and O–H groups in total. The van der Waals surface area contributed by atoms with Crippen molar-refractivity contribution in [3.8, 4) is 5.75 Å². The van der Waals surface area contributed by atoms with Gasteiger partial charge in [0, 0.05) is 23.5 Å². The van der Waals surface area contributed by atoms with Crippen molar-refractivity contribution in [2.45, 2.75) is 25.5 Å². The van der Waals surface area contributed by atoms with Crippen LogP contribution in [0.25, 0.3) is 0 Å². The van der Waals surface area contributed by atoms with E-state index in [1.54, 1.807) is 0 Å². The molecule has 0 radical (unpaired) electrons. The van der Waals surface area contributed by atoms with Crippen LogP contribution in [-0.4, -0.2) is 30.2 Å². The van der Waals surface area contributed by atoms with E-state index in [1.807, 2.05) is 0 Å². The highest BCUT2D eigenvalue weighted by Crippen LogP contribution is 2.33. The number of halogens is 1. The van der Waals surface area contributed by atoms with Gasteiger partial charge in [-0.15, -0.1) is 0 Å². The van der Waals surface area contributed by atoms with Gasteiger partial charge in [-0.25, -0.2) is 4.39 Å². The lowest BCUT2D eigenvalue weighted by Gasteiger charge is -2.20. The summed E-state index contributed by atoms with van der Waals surface area (Å²) in [5, 5.41) is 13.2. The molecule has 0 saturated heterocycles. The van der Waals surface area contributed by atoms with Gasteiger partial charge >= 0.3 is 0 Å². The lowest BCUT2D eigenvalue weighted by Crippen LogP contribution is -2.29. The van der Waals surface area contributed by atoms with Crippen molar-refractivity contribution >= 4 is 5.91 Å². The van der Waals surface area contributed by atoms with Gasteiger partial charge in [-0.1, -0.05) is 0 Å². The van der Waals surface area contributed by atoms with E-state index in [-0.39, 0.29) is 31.5 Å². The fourth-order valence-corrected chi connectivity index (χ4v) is 2.59. The Bertz CT molecular complexity index is 621. The highest BCUT2D eigenvalue weighted by Gasteiger charge is 2.53. The Hall–Kier alpha value is -2.22. The average Bonchev–Trinajstić information content (AvgIpc) is 3.27. The number of carbonyl (C=O) groups excluding carboxylic acids is 1. The molecule has 1 aromatic rings. The zero-order valence-corrected chi connectivity index (χ0v) is 11.7. The third-order valence-corrected chi connectivity index (χ3v) is 3.81. The molecule has 3 rings (SSSR count).